The minimum Gasteiger partial charge on any atom is -0.468 e. The van der Waals surface area contributed by atoms with Gasteiger partial charge in [-0.05, 0) is 24.6 Å². The largest absolute Gasteiger partial charge is 0.468 e. The highest BCUT2D eigenvalue weighted by Crippen LogP contribution is 2.12. The van der Waals surface area contributed by atoms with Gasteiger partial charge >= 0.3 is 0 Å². The van der Waals surface area contributed by atoms with Crippen LogP contribution in [-0.4, -0.2) is 11.3 Å². The Bertz CT molecular complexity index is 125. The highest BCUT2D eigenvalue weighted by molar-refractivity contribution is 7.80. The average molecular weight is 175 g/mol. The summed E-state index contributed by atoms with van der Waals surface area (Å²) in [5.41, 5.74) is 5.27. The van der Waals surface area contributed by atoms with Crippen LogP contribution in [0.15, 0.2) is 0 Å². The van der Waals surface area contributed by atoms with Crippen molar-refractivity contribution in [2.75, 3.05) is 0 Å². The molecule has 66 valence electrons. The fraction of sp³-hybridized carbons (Fsp3) is 0.875. The number of nitrogens with two attached hydrogens (primary N) is 1. The van der Waals surface area contributed by atoms with Crippen molar-refractivity contribution in [3.63, 3.8) is 0 Å². The summed E-state index contributed by atoms with van der Waals surface area (Å²) in [6, 6.07) is 0. The Balaban J connectivity index is 3.79. The first-order valence-electron chi connectivity index (χ1n) is 4.04. The van der Waals surface area contributed by atoms with Crippen LogP contribution in [0.3, 0.4) is 0 Å². The van der Waals surface area contributed by atoms with E-state index in [1.165, 1.54) is 0 Å². The standard InChI is InChI=1S/C8H17NOS/c1-4-5-7(6(2)3)10-8(9)11/h6-7H,4-5H2,1-3H3,(H2,9,11). The Hall–Kier alpha value is -0.310. The summed E-state index contributed by atoms with van der Waals surface area (Å²) in [6.45, 7) is 6.34. The van der Waals surface area contributed by atoms with Gasteiger partial charge in [0.25, 0.3) is 5.17 Å². The molecule has 0 spiro atoms. The molecule has 0 rings (SSSR count). The highest BCUT2D eigenvalue weighted by atomic mass is 32.1. The molecule has 0 aliphatic heterocycles. The third-order valence-electron chi connectivity index (χ3n) is 1.58. The van der Waals surface area contributed by atoms with Crippen LogP contribution in [0.1, 0.15) is 33.6 Å². The van der Waals surface area contributed by atoms with Gasteiger partial charge in [-0.3, -0.25) is 0 Å². The molecule has 0 saturated heterocycles. The molecule has 1 atom stereocenters. The number of rotatable bonds is 4. The molecule has 11 heavy (non-hydrogen) atoms. The summed E-state index contributed by atoms with van der Waals surface area (Å²) >= 11 is 4.66. The first-order valence-corrected chi connectivity index (χ1v) is 4.44. The van der Waals surface area contributed by atoms with Crippen molar-refractivity contribution < 1.29 is 4.74 Å². The summed E-state index contributed by atoms with van der Waals surface area (Å²) in [7, 11) is 0. The van der Waals surface area contributed by atoms with Crippen LogP contribution in [-0.2, 0) is 4.74 Å². The lowest BCUT2D eigenvalue weighted by Gasteiger charge is -2.20. The second-order valence-corrected chi connectivity index (χ2v) is 3.41. The molecule has 2 nitrogen and oxygen atoms in total. The Morgan fingerprint density at radius 2 is 2.09 bits per heavy atom. The van der Waals surface area contributed by atoms with Gasteiger partial charge in [0.05, 0.1) is 0 Å². The van der Waals surface area contributed by atoms with E-state index in [9.17, 15) is 0 Å². The summed E-state index contributed by atoms with van der Waals surface area (Å²) in [5, 5.41) is 0.164. The van der Waals surface area contributed by atoms with Crippen molar-refractivity contribution in [3.8, 4) is 0 Å². The second-order valence-electron chi connectivity index (χ2n) is 3.01. The molecule has 1 unspecified atom stereocenters. The molecule has 0 aliphatic rings. The minimum absolute atomic E-state index is 0.164. The van der Waals surface area contributed by atoms with E-state index in [-0.39, 0.29) is 11.3 Å². The molecule has 0 aliphatic carbocycles. The van der Waals surface area contributed by atoms with Crippen molar-refractivity contribution in [2.24, 2.45) is 11.7 Å². The maximum absolute atomic E-state index is 5.27. The van der Waals surface area contributed by atoms with Crippen molar-refractivity contribution in [3.05, 3.63) is 0 Å². The lowest BCUT2D eigenvalue weighted by atomic mass is 10.0. The summed E-state index contributed by atoms with van der Waals surface area (Å²) < 4.78 is 5.26. The van der Waals surface area contributed by atoms with E-state index < -0.39 is 0 Å². The topological polar surface area (TPSA) is 35.2 Å². The van der Waals surface area contributed by atoms with Gasteiger partial charge in [-0.25, -0.2) is 0 Å². The first kappa shape index (κ1) is 10.7. The molecule has 3 heteroatoms. The van der Waals surface area contributed by atoms with E-state index in [1.807, 2.05) is 0 Å². The molecule has 0 aromatic carbocycles. The zero-order valence-corrected chi connectivity index (χ0v) is 8.28. The number of hydrogen-bond donors (Lipinski definition) is 1. The maximum Gasteiger partial charge on any atom is 0.254 e. The number of hydrogen-bond acceptors (Lipinski definition) is 2. The van der Waals surface area contributed by atoms with E-state index in [0.717, 1.165) is 12.8 Å². The molecule has 0 aromatic rings. The lowest BCUT2D eigenvalue weighted by Crippen LogP contribution is -2.26. The van der Waals surface area contributed by atoms with Crippen molar-refractivity contribution in [2.45, 2.75) is 39.7 Å². The average Bonchev–Trinajstić information content (AvgIpc) is 1.86. The van der Waals surface area contributed by atoms with Crippen molar-refractivity contribution >= 4 is 17.4 Å². The summed E-state index contributed by atoms with van der Waals surface area (Å²) in [5.74, 6) is 0.483. The lowest BCUT2D eigenvalue weighted by molar-refractivity contribution is 0.131. The fourth-order valence-electron chi connectivity index (χ4n) is 0.962. The van der Waals surface area contributed by atoms with Crippen molar-refractivity contribution in [1.82, 2.24) is 0 Å². The molecule has 0 aromatic heterocycles. The van der Waals surface area contributed by atoms with Gasteiger partial charge in [-0.15, -0.1) is 0 Å². The molecular formula is C8H17NOS. The third kappa shape index (κ3) is 5.01. The minimum atomic E-state index is 0.164. The fourth-order valence-corrected chi connectivity index (χ4v) is 1.09. The molecule has 0 fully saturated rings. The van der Waals surface area contributed by atoms with E-state index in [0.29, 0.717) is 5.92 Å². The summed E-state index contributed by atoms with van der Waals surface area (Å²) in [4.78, 5) is 0. The van der Waals surface area contributed by atoms with Gasteiger partial charge in [-0.2, -0.15) is 0 Å². The Morgan fingerprint density at radius 3 is 2.36 bits per heavy atom. The molecular weight excluding hydrogens is 158 g/mol. The van der Waals surface area contributed by atoms with E-state index in [2.05, 4.69) is 33.0 Å². The molecule has 0 saturated carbocycles. The Labute approximate surface area is 74.1 Å². The van der Waals surface area contributed by atoms with Gasteiger partial charge in [0.15, 0.2) is 0 Å². The van der Waals surface area contributed by atoms with Crippen LogP contribution in [0.2, 0.25) is 0 Å². The SMILES string of the molecule is CCCC(OC(N)=S)C(C)C. The molecule has 0 heterocycles. The predicted molar refractivity (Wildman–Crippen MR) is 51.4 cm³/mol. The van der Waals surface area contributed by atoms with Crippen LogP contribution in [0.5, 0.6) is 0 Å². The first-order chi connectivity index (χ1) is 5.07. The molecule has 2 N–H and O–H groups in total. The van der Waals surface area contributed by atoms with Gasteiger partial charge in [-0.1, -0.05) is 27.2 Å². The predicted octanol–water partition coefficient (Wildman–Crippen LogP) is 2.07. The van der Waals surface area contributed by atoms with Crippen LogP contribution in [0.4, 0.5) is 0 Å². The second kappa shape index (κ2) is 5.35. The molecule has 0 amide bonds. The quantitative estimate of drug-likeness (QED) is 0.664. The van der Waals surface area contributed by atoms with Gasteiger partial charge in [0.2, 0.25) is 0 Å². The van der Waals surface area contributed by atoms with Gasteiger partial charge < -0.3 is 10.5 Å². The van der Waals surface area contributed by atoms with Gasteiger partial charge in [0.1, 0.15) is 6.10 Å². The van der Waals surface area contributed by atoms with Crippen LogP contribution < -0.4 is 5.73 Å². The van der Waals surface area contributed by atoms with Gasteiger partial charge in [0, 0.05) is 0 Å². The van der Waals surface area contributed by atoms with E-state index in [1.54, 1.807) is 0 Å². The summed E-state index contributed by atoms with van der Waals surface area (Å²) in [6.07, 6.45) is 2.32. The normalized spacial score (nSPS) is 13.1. The zero-order chi connectivity index (χ0) is 8.85. The third-order valence-corrected chi connectivity index (χ3v) is 1.68. The maximum atomic E-state index is 5.27. The zero-order valence-electron chi connectivity index (χ0n) is 7.46. The van der Waals surface area contributed by atoms with Crippen LogP contribution >= 0.6 is 12.2 Å². The number of thiocarbonyl (C=S) groups is 1. The molecule has 0 radical (unpaired) electrons. The van der Waals surface area contributed by atoms with Crippen LogP contribution in [0.25, 0.3) is 0 Å². The van der Waals surface area contributed by atoms with Crippen LogP contribution in [0, 0.1) is 5.92 Å². The Kier molecular flexibility index (Phi) is 5.20. The van der Waals surface area contributed by atoms with E-state index in [4.69, 9.17) is 10.5 Å². The molecule has 0 bridgehead atoms. The smallest absolute Gasteiger partial charge is 0.254 e. The monoisotopic (exact) mass is 175 g/mol. The highest BCUT2D eigenvalue weighted by Gasteiger charge is 2.13. The van der Waals surface area contributed by atoms with Crippen molar-refractivity contribution in [1.29, 1.82) is 0 Å². The van der Waals surface area contributed by atoms with E-state index >= 15 is 0 Å². The Morgan fingerprint density at radius 1 is 1.55 bits per heavy atom. The number of ether oxygens (including phenoxy) is 1.